The quantitative estimate of drug-likeness (QED) is 0.572. The van der Waals surface area contributed by atoms with E-state index in [-0.39, 0.29) is 5.91 Å². The van der Waals surface area contributed by atoms with E-state index in [2.05, 4.69) is 21.2 Å². The average molecular weight is 219 g/mol. The maximum Gasteiger partial charge on any atom is 0.236 e. The topological polar surface area (TPSA) is 52.9 Å². The van der Waals surface area contributed by atoms with Crippen molar-refractivity contribution in [2.24, 2.45) is 0 Å². The summed E-state index contributed by atoms with van der Waals surface area (Å²) in [4.78, 5) is 11.1. The SMILES string of the molecule is CC(C)(Br)C(=O)NCCC#N. The third kappa shape index (κ3) is 4.79. The molecule has 3 nitrogen and oxygen atoms in total. The van der Waals surface area contributed by atoms with E-state index in [1.54, 1.807) is 13.8 Å². The van der Waals surface area contributed by atoms with E-state index in [0.717, 1.165) is 0 Å². The Morgan fingerprint density at radius 3 is 2.64 bits per heavy atom. The van der Waals surface area contributed by atoms with Gasteiger partial charge in [-0.05, 0) is 13.8 Å². The lowest BCUT2D eigenvalue weighted by Crippen LogP contribution is -2.37. The van der Waals surface area contributed by atoms with Gasteiger partial charge in [0.25, 0.3) is 0 Å². The molecule has 0 aromatic rings. The molecule has 1 N–H and O–H groups in total. The highest BCUT2D eigenvalue weighted by molar-refractivity contribution is 9.10. The predicted octanol–water partition coefficient (Wildman–Crippen LogP) is 1.19. The van der Waals surface area contributed by atoms with E-state index in [0.29, 0.717) is 13.0 Å². The van der Waals surface area contributed by atoms with Gasteiger partial charge < -0.3 is 5.32 Å². The zero-order valence-corrected chi connectivity index (χ0v) is 8.23. The van der Waals surface area contributed by atoms with Crippen LogP contribution >= 0.6 is 15.9 Å². The average Bonchev–Trinajstić information content (AvgIpc) is 1.86. The Kier molecular flexibility index (Phi) is 4.12. The van der Waals surface area contributed by atoms with Crippen molar-refractivity contribution in [1.82, 2.24) is 5.32 Å². The maximum absolute atomic E-state index is 11.1. The molecule has 0 spiro atoms. The van der Waals surface area contributed by atoms with E-state index >= 15 is 0 Å². The molecule has 4 heteroatoms. The largest absolute Gasteiger partial charge is 0.354 e. The molecule has 0 unspecified atom stereocenters. The van der Waals surface area contributed by atoms with Gasteiger partial charge in [0.15, 0.2) is 0 Å². The summed E-state index contributed by atoms with van der Waals surface area (Å²) in [5.41, 5.74) is 0. The van der Waals surface area contributed by atoms with Crippen LogP contribution in [0.2, 0.25) is 0 Å². The number of halogens is 1. The minimum Gasteiger partial charge on any atom is -0.354 e. The highest BCUT2D eigenvalue weighted by Gasteiger charge is 2.22. The molecule has 0 aromatic carbocycles. The molecule has 0 aliphatic carbocycles. The van der Waals surface area contributed by atoms with Gasteiger partial charge in [-0.25, -0.2) is 0 Å². The number of alkyl halides is 1. The molecular formula is C7H11BrN2O. The van der Waals surface area contributed by atoms with E-state index in [9.17, 15) is 4.79 Å². The van der Waals surface area contributed by atoms with Crippen LogP contribution in [0.5, 0.6) is 0 Å². The Bertz CT molecular complexity index is 178. The fourth-order valence-corrected chi connectivity index (χ4v) is 0.582. The minimum absolute atomic E-state index is 0.0900. The molecule has 0 rings (SSSR count). The van der Waals surface area contributed by atoms with Crippen LogP contribution in [0.4, 0.5) is 0 Å². The fourth-order valence-electron chi connectivity index (χ4n) is 0.442. The van der Waals surface area contributed by atoms with Gasteiger partial charge in [0.05, 0.1) is 16.8 Å². The summed E-state index contributed by atoms with van der Waals surface area (Å²) in [6, 6.07) is 1.94. The summed E-state index contributed by atoms with van der Waals surface area (Å²) in [5, 5.41) is 10.8. The zero-order valence-electron chi connectivity index (χ0n) is 6.65. The van der Waals surface area contributed by atoms with Crippen molar-refractivity contribution in [3.05, 3.63) is 0 Å². The van der Waals surface area contributed by atoms with Crippen LogP contribution in [0.3, 0.4) is 0 Å². The van der Waals surface area contributed by atoms with Crippen molar-refractivity contribution in [2.45, 2.75) is 24.6 Å². The lowest BCUT2D eigenvalue weighted by molar-refractivity contribution is -0.122. The molecule has 0 atom stereocenters. The van der Waals surface area contributed by atoms with Crippen LogP contribution in [0, 0.1) is 11.3 Å². The van der Waals surface area contributed by atoms with Crippen LogP contribution in [-0.4, -0.2) is 16.8 Å². The number of rotatable bonds is 3. The Morgan fingerprint density at radius 1 is 1.73 bits per heavy atom. The first-order valence-electron chi connectivity index (χ1n) is 3.32. The van der Waals surface area contributed by atoms with Crippen molar-refractivity contribution < 1.29 is 4.79 Å². The predicted molar refractivity (Wildman–Crippen MR) is 46.2 cm³/mol. The Hall–Kier alpha value is -0.560. The first-order chi connectivity index (χ1) is 4.98. The van der Waals surface area contributed by atoms with E-state index in [1.807, 2.05) is 6.07 Å². The van der Waals surface area contributed by atoms with Crippen molar-refractivity contribution in [3.8, 4) is 6.07 Å². The number of nitrogens with one attached hydrogen (secondary N) is 1. The summed E-state index contributed by atoms with van der Waals surface area (Å²) >= 11 is 3.20. The van der Waals surface area contributed by atoms with E-state index in [1.165, 1.54) is 0 Å². The number of nitrogens with zero attached hydrogens (tertiary/aromatic N) is 1. The number of hydrogen-bond donors (Lipinski definition) is 1. The Morgan fingerprint density at radius 2 is 2.27 bits per heavy atom. The van der Waals surface area contributed by atoms with Crippen molar-refractivity contribution >= 4 is 21.8 Å². The number of amides is 1. The normalized spacial score (nSPS) is 10.4. The number of nitriles is 1. The van der Waals surface area contributed by atoms with Gasteiger partial charge in [0.2, 0.25) is 5.91 Å². The first kappa shape index (κ1) is 10.4. The molecule has 0 fully saturated rings. The molecule has 62 valence electrons. The lowest BCUT2D eigenvalue weighted by Gasteiger charge is -2.14. The molecule has 0 saturated heterocycles. The second-order valence-corrected chi connectivity index (χ2v) is 4.62. The summed E-state index contributed by atoms with van der Waals surface area (Å²) in [5.74, 6) is -0.0900. The molecule has 1 amide bonds. The van der Waals surface area contributed by atoms with Crippen LogP contribution in [0.1, 0.15) is 20.3 Å². The van der Waals surface area contributed by atoms with Crippen molar-refractivity contribution in [3.63, 3.8) is 0 Å². The lowest BCUT2D eigenvalue weighted by atomic mass is 10.2. The molecule has 0 saturated carbocycles. The van der Waals surface area contributed by atoms with Gasteiger partial charge in [-0.2, -0.15) is 5.26 Å². The number of carbonyl (C=O) groups excluding carboxylic acids is 1. The molecule has 11 heavy (non-hydrogen) atoms. The molecule has 0 heterocycles. The van der Waals surface area contributed by atoms with E-state index in [4.69, 9.17) is 5.26 Å². The zero-order chi connectivity index (χ0) is 8.91. The van der Waals surface area contributed by atoms with Crippen LogP contribution in [0.25, 0.3) is 0 Å². The monoisotopic (exact) mass is 218 g/mol. The van der Waals surface area contributed by atoms with Gasteiger partial charge >= 0.3 is 0 Å². The van der Waals surface area contributed by atoms with Gasteiger partial charge in [0.1, 0.15) is 0 Å². The molecule has 0 bridgehead atoms. The maximum atomic E-state index is 11.1. The fraction of sp³-hybridized carbons (Fsp3) is 0.714. The third-order valence-electron chi connectivity index (χ3n) is 1.06. The molecular weight excluding hydrogens is 208 g/mol. The van der Waals surface area contributed by atoms with Gasteiger partial charge in [-0.1, -0.05) is 15.9 Å². The van der Waals surface area contributed by atoms with Crippen molar-refractivity contribution in [2.75, 3.05) is 6.54 Å². The van der Waals surface area contributed by atoms with E-state index < -0.39 is 4.32 Å². The molecule has 0 aliphatic rings. The first-order valence-corrected chi connectivity index (χ1v) is 4.12. The molecule has 0 radical (unpaired) electrons. The van der Waals surface area contributed by atoms with Crippen LogP contribution in [0.15, 0.2) is 0 Å². The second-order valence-electron chi connectivity index (χ2n) is 2.64. The van der Waals surface area contributed by atoms with Gasteiger partial charge in [-0.3, -0.25) is 4.79 Å². The van der Waals surface area contributed by atoms with Gasteiger partial charge in [-0.15, -0.1) is 0 Å². The van der Waals surface area contributed by atoms with Crippen molar-refractivity contribution in [1.29, 1.82) is 5.26 Å². The Balaban J connectivity index is 3.64. The molecule has 0 aliphatic heterocycles. The summed E-state index contributed by atoms with van der Waals surface area (Å²) in [6.45, 7) is 3.94. The number of carbonyl (C=O) groups is 1. The highest BCUT2D eigenvalue weighted by atomic mass is 79.9. The minimum atomic E-state index is -0.539. The number of hydrogen-bond acceptors (Lipinski definition) is 2. The standard InChI is InChI=1S/C7H11BrN2O/c1-7(2,8)6(11)10-5-3-4-9/h3,5H2,1-2H3,(H,10,11). The summed E-state index contributed by atoms with van der Waals surface area (Å²) in [7, 11) is 0. The van der Waals surface area contributed by atoms with Crippen LogP contribution in [-0.2, 0) is 4.79 Å². The van der Waals surface area contributed by atoms with Gasteiger partial charge in [0, 0.05) is 6.54 Å². The second kappa shape index (κ2) is 4.35. The molecule has 0 aromatic heterocycles. The highest BCUT2D eigenvalue weighted by Crippen LogP contribution is 2.14. The van der Waals surface area contributed by atoms with Crippen LogP contribution < -0.4 is 5.32 Å². The summed E-state index contributed by atoms with van der Waals surface area (Å²) in [6.07, 6.45) is 0.356. The summed E-state index contributed by atoms with van der Waals surface area (Å²) < 4.78 is -0.539. The third-order valence-corrected chi connectivity index (χ3v) is 1.42. The Labute approximate surface area is 74.9 Å². The smallest absolute Gasteiger partial charge is 0.236 e.